The van der Waals surface area contributed by atoms with Gasteiger partial charge in [0.2, 0.25) is 0 Å². The standard InChI is InChI=1S/C18H23NOS/c1-14-5-4-6-15(11-14)12-21-13-18(19-2)16-7-9-17(20-3)10-8-16/h4-11,18-19H,12-13H2,1-3H3. The summed E-state index contributed by atoms with van der Waals surface area (Å²) in [7, 11) is 3.71. The van der Waals surface area contributed by atoms with Crippen LogP contribution in [0.15, 0.2) is 48.5 Å². The van der Waals surface area contributed by atoms with E-state index in [9.17, 15) is 0 Å². The molecule has 0 radical (unpaired) electrons. The van der Waals surface area contributed by atoms with Crippen LogP contribution in [0.2, 0.25) is 0 Å². The number of ether oxygens (including phenoxy) is 1. The van der Waals surface area contributed by atoms with Gasteiger partial charge in [-0.15, -0.1) is 0 Å². The van der Waals surface area contributed by atoms with Crippen LogP contribution in [0.3, 0.4) is 0 Å². The van der Waals surface area contributed by atoms with Crippen molar-refractivity contribution in [2.75, 3.05) is 19.9 Å². The summed E-state index contributed by atoms with van der Waals surface area (Å²) >= 11 is 1.96. The Morgan fingerprint density at radius 1 is 1.14 bits per heavy atom. The molecule has 1 N–H and O–H groups in total. The van der Waals surface area contributed by atoms with Gasteiger partial charge in [-0.2, -0.15) is 11.8 Å². The number of hydrogen-bond acceptors (Lipinski definition) is 3. The van der Waals surface area contributed by atoms with Crippen molar-refractivity contribution in [3.05, 3.63) is 65.2 Å². The molecule has 112 valence electrons. The van der Waals surface area contributed by atoms with E-state index in [2.05, 4.69) is 48.6 Å². The van der Waals surface area contributed by atoms with Gasteiger partial charge in [0.05, 0.1) is 7.11 Å². The van der Waals surface area contributed by atoms with Gasteiger partial charge in [0.25, 0.3) is 0 Å². The Balaban J connectivity index is 1.90. The van der Waals surface area contributed by atoms with Crippen molar-refractivity contribution in [1.29, 1.82) is 0 Å². The van der Waals surface area contributed by atoms with Crippen LogP contribution in [0.25, 0.3) is 0 Å². The van der Waals surface area contributed by atoms with Crippen molar-refractivity contribution >= 4 is 11.8 Å². The van der Waals surface area contributed by atoms with Gasteiger partial charge in [-0.05, 0) is 37.2 Å². The molecule has 0 aliphatic rings. The average molecular weight is 301 g/mol. The number of nitrogens with one attached hydrogen (secondary N) is 1. The summed E-state index contributed by atoms with van der Waals surface area (Å²) in [4.78, 5) is 0. The van der Waals surface area contributed by atoms with Gasteiger partial charge < -0.3 is 10.1 Å². The van der Waals surface area contributed by atoms with E-state index in [1.165, 1.54) is 16.7 Å². The van der Waals surface area contributed by atoms with E-state index < -0.39 is 0 Å². The molecule has 2 nitrogen and oxygen atoms in total. The number of hydrogen-bond donors (Lipinski definition) is 1. The predicted octanol–water partition coefficient (Wildman–Crippen LogP) is 4.20. The zero-order valence-electron chi connectivity index (χ0n) is 12.9. The number of rotatable bonds is 7. The molecular formula is C18H23NOS. The minimum Gasteiger partial charge on any atom is -0.497 e. The second-order valence-electron chi connectivity index (χ2n) is 5.12. The lowest BCUT2D eigenvalue weighted by Crippen LogP contribution is -2.18. The summed E-state index contributed by atoms with van der Waals surface area (Å²) in [6.07, 6.45) is 0. The van der Waals surface area contributed by atoms with Crippen LogP contribution in [-0.2, 0) is 5.75 Å². The fourth-order valence-electron chi connectivity index (χ4n) is 2.28. The van der Waals surface area contributed by atoms with E-state index in [1.807, 2.05) is 30.9 Å². The zero-order chi connectivity index (χ0) is 15.1. The largest absolute Gasteiger partial charge is 0.497 e. The molecular weight excluding hydrogens is 278 g/mol. The molecule has 0 spiro atoms. The highest BCUT2D eigenvalue weighted by atomic mass is 32.2. The SMILES string of the molecule is CNC(CSCc1cccc(C)c1)c1ccc(OC)cc1. The fraction of sp³-hybridized carbons (Fsp3) is 0.333. The van der Waals surface area contributed by atoms with E-state index in [4.69, 9.17) is 4.74 Å². The quantitative estimate of drug-likeness (QED) is 0.828. The van der Waals surface area contributed by atoms with E-state index in [0.29, 0.717) is 6.04 Å². The molecule has 21 heavy (non-hydrogen) atoms. The molecule has 0 aliphatic heterocycles. The van der Waals surface area contributed by atoms with E-state index in [-0.39, 0.29) is 0 Å². The summed E-state index contributed by atoms with van der Waals surface area (Å²) in [5.41, 5.74) is 4.02. The smallest absolute Gasteiger partial charge is 0.118 e. The first-order valence-electron chi connectivity index (χ1n) is 7.17. The van der Waals surface area contributed by atoms with E-state index in [0.717, 1.165) is 17.3 Å². The predicted molar refractivity (Wildman–Crippen MR) is 92.1 cm³/mol. The molecule has 3 heteroatoms. The van der Waals surface area contributed by atoms with Gasteiger partial charge in [-0.1, -0.05) is 42.0 Å². The van der Waals surface area contributed by atoms with Gasteiger partial charge in [0.15, 0.2) is 0 Å². The second-order valence-corrected chi connectivity index (χ2v) is 6.15. The molecule has 0 aromatic heterocycles. The molecule has 2 rings (SSSR count). The monoisotopic (exact) mass is 301 g/mol. The Morgan fingerprint density at radius 3 is 2.52 bits per heavy atom. The number of benzene rings is 2. The van der Waals surface area contributed by atoms with Crippen LogP contribution in [0.5, 0.6) is 5.75 Å². The molecule has 0 saturated heterocycles. The van der Waals surface area contributed by atoms with Crippen LogP contribution < -0.4 is 10.1 Å². The summed E-state index contributed by atoms with van der Waals surface area (Å²) in [6, 6.07) is 17.4. The van der Waals surface area contributed by atoms with Gasteiger partial charge in [0, 0.05) is 17.5 Å². The summed E-state index contributed by atoms with van der Waals surface area (Å²) in [5, 5.41) is 3.39. The van der Waals surface area contributed by atoms with Gasteiger partial charge in [0.1, 0.15) is 5.75 Å². The highest BCUT2D eigenvalue weighted by molar-refractivity contribution is 7.98. The highest BCUT2D eigenvalue weighted by Gasteiger charge is 2.09. The summed E-state index contributed by atoms with van der Waals surface area (Å²) in [5.74, 6) is 3.01. The Labute approximate surface area is 131 Å². The molecule has 0 aliphatic carbocycles. The summed E-state index contributed by atoms with van der Waals surface area (Å²) in [6.45, 7) is 2.14. The molecule has 0 heterocycles. The minimum atomic E-state index is 0.366. The van der Waals surface area contributed by atoms with Crippen molar-refractivity contribution < 1.29 is 4.74 Å². The van der Waals surface area contributed by atoms with Crippen molar-refractivity contribution in [1.82, 2.24) is 5.32 Å². The molecule has 1 atom stereocenters. The highest BCUT2D eigenvalue weighted by Crippen LogP contribution is 2.23. The van der Waals surface area contributed by atoms with Crippen LogP contribution >= 0.6 is 11.8 Å². The van der Waals surface area contributed by atoms with Crippen molar-refractivity contribution in [3.63, 3.8) is 0 Å². The first-order chi connectivity index (χ1) is 10.2. The zero-order valence-corrected chi connectivity index (χ0v) is 13.7. The number of aryl methyl sites for hydroxylation is 1. The van der Waals surface area contributed by atoms with Crippen molar-refractivity contribution in [2.24, 2.45) is 0 Å². The second kappa shape index (κ2) is 8.11. The number of methoxy groups -OCH3 is 1. The molecule has 0 fully saturated rings. The molecule has 1 unspecified atom stereocenters. The molecule has 2 aromatic carbocycles. The Hall–Kier alpha value is -1.45. The first-order valence-corrected chi connectivity index (χ1v) is 8.33. The van der Waals surface area contributed by atoms with Crippen molar-refractivity contribution in [3.8, 4) is 5.75 Å². The summed E-state index contributed by atoms with van der Waals surface area (Å²) < 4.78 is 5.21. The Bertz CT molecular complexity index is 553. The van der Waals surface area contributed by atoms with Crippen LogP contribution in [0.1, 0.15) is 22.7 Å². The van der Waals surface area contributed by atoms with Crippen LogP contribution in [0.4, 0.5) is 0 Å². The Morgan fingerprint density at radius 2 is 1.90 bits per heavy atom. The first kappa shape index (κ1) is 15.9. The third-order valence-corrected chi connectivity index (χ3v) is 4.61. The third-order valence-electron chi connectivity index (χ3n) is 3.50. The van der Waals surface area contributed by atoms with Gasteiger partial charge in [-0.3, -0.25) is 0 Å². The lowest BCUT2D eigenvalue weighted by atomic mass is 10.1. The topological polar surface area (TPSA) is 21.3 Å². The van der Waals surface area contributed by atoms with Gasteiger partial charge in [-0.25, -0.2) is 0 Å². The maximum atomic E-state index is 5.21. The average Bonchev–Trinajstić information content (AvgIpc) is 2.52. The lowest BCUT2D eigenvalue weighted by Gasteiger charge is -2.16. The van der Waals surface area contributed by atoms with E-state index >= 15 is 0 Å². The minimum absolute atomic E-state index is 0.366. The van der Waals surface area contributed by atoms with Crippen LogP contribution in [-0.4, -0.2) is 19.9 Å². The van der Waals surface area contributed by atoms with E-state index in [1.54, 1.807) is 7.11 Å². The molecule has 0 saturated carbocycles. The third kappa shape index (κ3) is 4.80. The molecule has 0 amide bonds. The molecule has 2 aromatic rings. The normalized spacial score (nSPS) is 12.1. The fourth-order valence-corrected chi connectivity index (χ4v) is 3.41. The van der Waals surface area contributed by atoms with Crippen molar-refractivity contribution in [2.45, 2.75) is 18.7 Å². The Kier molecular flexibility index (Phi) is 6.15. The maximum absolute atomic E-state index is 5.21. The van der Waals surface area contributed by atoms with Crippen LogP contribution in [0, 0.1) is 6.92 Å². The lowest BCUT2D eigenvalue weighted by molar-refractivity contribution is 0.414. The van der Waals surface area contributed by atoms with Gasteiger partial charge >= 0.3 is 0 Å². The number of thioether (sulfide) groups is 1. The molecule has 0 bridgehead atoms. The maximum Gasteiger partial charge on any atom is 0.118 e.